The number of nitrogens with one attached hydrogen (secondary N) is 1. The molecule has 4 nitrogen and oxygen atoms in total. The molecular formula is C13H16F2N4. The first-order valence-corrected chi connectivity index (χ1v) is 6.22. The zero-order valence-electron chi connectivity index (χ0n) is 10.7. The van der Waals surface area contributed by atoms with Crippen molar-refractivity contribution in [1.29, 1.82) is 0 Å². The van der Waals surface area contributed by atoms with E-state index in [0.717, 1.165) is 24.7 Å². The predicted molar refractivity (Wildman–Crippen MR) is 67.5 cm³/mol. The van der Waals surface area contributed by atoms with Crippen molar-refractivity contribution in [2.45, 2.75) is 26.4 Å². The molecular weight excluding hydrogens is 250 g/mol. The van der Waals surface area contributed by atoms with Crippen LogP contribution in [0.3, 0.4) is 0 Å². The Morgan fingerprint density at radius 2 is 2.16 bits per heavy atom. The Morgan fingerprint density at radius 1 is 1.32 bits per heavy atom. The Hall–Kier alpha value is -1.82. The first-order chi connectivity index (χ1) is 9.19. The molecule has 0 radical (unpaired) electrons. The summed E-state index contributed by atoms with van der Waals surface area (Å²) in [5, 5.41) is 11.1. The number of aromatic nitrogens is 3. The standard InChI is InChI=1S/C13H16F2N4/c1-2-5-16-7-12-9-19(18-17-12)8-10-3-4-11(14)6-13(10)15/h3-4,6,9,16H,2,5,7-8H2,1H3. The average molecular weight is 266 g/mol. The van der Waals surface area contributed by atoms with Gasteiger partial charge in [-0.05, 0) is 19.0 Å². The van der Waals surface area contributed by atoms with Gasteiger partial charge in [0.1, 0.15) is 11.6 Å². The Bertz CT molecular complexity index is 539. The minimum atomic E-state index is -0.579. The fourth-order valence-electron chi connectivity index (χ4n) is 1.71. The number of benzene rings is 1. The van der Waals surface area contributed by atoms with Crippen LogP contribution >= 0.6 is 0 Å². The first-order valence-electron chi connectivity index (χ1n) is 6.22. The summed E-state index contributed by atoms with van der Waals surface area (Å²) in [6, 6.07) is 3.52. The normalized spacial score (nSPS) is 10.9. The molecule has 1 aromatic carbocycles. The van der Waals surface area contributed by atoms with Gasteiger partial charge in [0.25, 0.3) is 0 Å². The lowest BCUT2D eigenvalue weighted by Gasteiger charge is -2.02. The molecule has 0 spiro atoms. The predicted octanol–water partition coefficient (Wildman–Crippen LogP) is 2.10. The van der Waals surface area contributed by atoms with Gasteiger partial charge >= 0.3 is 0 Å². The largest absolute Gasteiger partial charge is 0.311 e. The number of halogens is 2. The van der Waals surface area contributed by atoms with Gasteiger partial charge in [-0.1, -0.05) is 18.2 Å². The minimum Gasteiger partial charge on any atom is -0.311 e. The Balaban J connectivity index is 1.99. The monoisotopic (exact) mass is 266 g/mol. The Kier molecular flexibility index (Phi) is 4.57. The highest BCUT2D eigenvalue weighted by Crippen LogP contribution is 2.10. The van der Waals surface area contributed by atoms with E-state index in [4.69, 9.17) is 0 Å². The average Bonchev–Trinajstić information content (AvgIpc) is 2.81. The zero-order valence-corrected chi connectivity index (χ0v) is 10.7. The second-order valence-corrected chi connectivity index (χ2v) is 4.32. The van der Waals surface area contributed by atoms with Crippen LogP contribution in [-0.2, 0) is 13.1 Å². The van der Waals surface area contributed by atoms with Crippen LogP contribution in [0.15, 0.2) is 24.4 Å². The van der Waals surface area contributed by atoms with E-state index in [1.54, 1.807) is 10.9 Å². The van der Waals surface area contributed by atoms with Gasteiger partial charge < -0.3 is 5.32 Å². The molecule has 102 valence electrons. The lowest BCUT2D eigenvalue weighted by molar-refractivity contribution is 0.554. The number of rotatable bonds is 6. The maximum Gasteiger partial charge on any atom is 0.131 e. The fourth-order valence-corrected chi connectivity index (χ4v) is 1.71. The van der Waals surface area contributed by atoms with E-state index in [2.05, 4.69) is 22.6 Å². The van der Waals surface area contributed by atoms with Crippen molar-refractivity contribution in [3.8, 4) is 0 Å². The molecule has 0 aliphatic heterocycles. The topological polar surface area (TPSA) is 42.7 Å². The van der Waals surface area contributed by atoms with E-state index in [1.165, 1.54) is 12.1 Å². The van der Waals surface area contributed by atoms with Crippen molar-refractivity contribution in [2.24, 2.45) is 0 Å². The van der Waals surface area contributed by atoms with Crippen LogP contribution in [0.4, 0.5) is 8.78 Å². The SMILES string of the molecule is CCCNCc1cn(Cc2ccc(F)cc2F)nn1. The van der Waals surface area contributed by atoms with Gasteiger partial charge in [-0.2, -0.15) is 0 Å². The first kappa shape index (κ1) is 13.6. The summed E-state index contributed by atoms with van der Waals surface area (Å²) in [6.45, 7) is 3.88. The molecule has 1 heterocycles. The molecule has 2 rings (SSSR count). The number of hydrogen-bond acceptors (Lipinski definition) is 3. The summed E-state index contributed by atoms with van der Waals surface area (Å²) in [6.07, 6.45) is 2.81. The third kappa shape index (κ3) is 3.82. The van der Waals surface area contributed by atoms with E-state index in [1.807, 2.05) is 0 Å². The van der Waals surface area contributed by atoms with E-state index < -0.39 is 11.6 Å². The Labute approximate surface area is 110 Å². The van der Waals surface area contributed by atoms with Crippen LogP contribution in [0.2, 0.25) is 0 Å². The highest BCUT2D eigenvalue weighted by Gasteiger charge is 2.06. The van der Waals surface area contributed by atoms with E-state index in [0.29, 0.717) is 12.1 Å². The molecule has 2 aromatic rings. The second-order valence-electron chi connectivity index (χ2n) is 4.32. The molecule has 0 fully saturated rings. The molecule has 0 unspecified atom stereocenters. The smallest absolute Gasteiger partial charge is 0.131 e. The molecule has 0 bridgehead atoms. The van der Waals surface area contributed by atoms with Crippen molar-refractivity contribution in [3.05, 3.63) is 47.3 Å². The minimum absolute atomic E-state index is 0.243. The van der Waals surface area contributed by atoms with E-state index in [-0.39, 0.29) is 6.54 Å². The summed E-state index contributed by atoms with van der Waals surface area (Å²) in [4.78, 5) is 0. The lowest BCUT2D eigenvalue weighted by atomic mass is 10.2. The van der Waals surface area contributed by atoms with Crippen LogP contribution in [0.25, 0.3) is 0 Å². The third-order valence-corrected chi connectivity index (χ3v) is 2.67. The van der Waals surface area contributed by atoms with Crippen LogP contribution in [0, 0.1) is 11.6 Å². The maximum absolute atomic E-state index is 13.5. The van der Waals surface area contributed by atoms with E-state index >= 15 is 0 Å². The Morgan fingerprint density at radius 3 is 2.89 bits per heavy atom. The number of nitrogens with zero attached hydrogens (tertiary/aromatic N) is 3. The summed E-state index contributed by atoms with van der Waals surface area (Å²) in [5.74, 6) is -1.15. The van der Waals surface area contributed by atoms with Crippen molar-refractivity contribution in [3.63, 3.8) is 0 Å². The molecule has 0 atom stereocenters. The quantitative estimate of drug-likeness (QED) is 0.814. The maximum atomic E-state index is 13.5. The van der Waals surface area contributed by atoms with E-state index in [9.17, 15) is 8.78 Å². The van der Waals surface area contributed by atoms with Gasteiger partial charge in [0.05, 0.1) is 18.4 Å². The van der Waals surface area contributed by atoms with Gasteiger partial charge in [-0.3, -0.25) is 0 Å². The molecule has 1 aromatic heterocycles. The van der Waals surface area contributed by atoms with Gasteiger partial charge in [0.2, 0.25) is 0 Å². The number of hydrogen-bond donors (Lipinski definition) is 1. The van der Waals surface area contributed by atoms with Crippen molar-refractivity contribution >= 4 is 0 Å². The summed E-state index contributed by atoms with van der Waals surface area (Å²) >= 11 is 0. The molecule has 0 aliphatic carbocycles. The highest BCUT2D eigenvalue weighted by atomic mass is 19.1. The van der Waals surface area contributed by atoms with Crippen LogP contribution in [-0.4, -0.2) is 21.5 Å². The lowest BCUT2D eigenvalue weighted by Crippen LogP contribution is -2.13. The van der Waals surface area contributed by atoms with Crippen LogP contribution < -0.4 is 5.32 Å². The molecule has 19 heavy (non-hydrogen) atoms. The molecule has 1 N–H and O–H groups in total. The van der Waals surface area contributed by atoms with Gasteiger partial charge in [0, 0.05) is 18.2 Å². The van der Waals surface area contributed by atoms with Crippen molar-refractivity contribution in [1.82, 2.24) is 20.3 Å². The summed E-state index contributed by atoms with van der Waals surface area (Å²) < 4.78 is 27.8. The molecule has 6 heteroatoms. The fraction of sp³-hybridized carbons (Fsp3) is 0.385. The van der Waals surface area contributed by atoms with Crippen molar-refractivity contribution < 1.29 is 8.78 Å². The molecule has 0 saturated heterocycles. The molecule has 0 amide bonds. The second kappa shape index (κ2) is 6.38. The van der Waals surface area contributed by atoms with Crippen LogP contribution in [0.1, 0.15) is 24.6 Å². The summed E-state index contributed by atoms with van der Waals surface area (Å²) in [7, 11) is 0. The van der Waals surface area contributed by atoms with Gasteiger partial charge in [-0.25, -0.2) is 13.5 Å². The zero-order chi connectivity index (χ0) is 13.7. The molecule has 0 saturated carbocycles. The van der Waals surface area contributed by atoms with Crippen LogP contribution in [0.5, 0.6) is 0 Å². The third-order valence-electron chi connectivity index (χ3n) is 2.67. The van der Waals surface area contributed by atoms with Gasteiger partial charge in [0.15, 0.2) is 0 Å². The van der Waals surface area contributed by atoms with Crippen molar-refractivity contribution in [2.75, 3.05) is 6.54 Å². The highest BCUT2D eigenvalue weighted by molar-refractivity contribution is 5.18. The molecule has 0 aliphatic rings. The summed E-state index contributed by atoms with van der Waals surface area (Å²) in [5.41, 5.74) is 1.19. The van der Waals surface area contributed by atoms with Gasteiger partial charge in [-0.15, -0.1) is 5.10 Å².